The van der Waals surface area contributed by atoms with Crippen molar-refractivity contribution in [2.45, 2.75) is 19.0 Å². The molecule has 0 bridgehead atoms. The van der Waals surface area contributed by atoms with Crippen molar-refractivity contribution in [2.75, 3.05) is 0 Å². The van der Waals surface area contributed by atoms with Crippen LogP contribution in [0.1, 0.15) is 13.3 Å². The van der Waals surface area contributed by atoms with Crippen molar-refractivity contribution in [1.29, 1.82) is 0 Å². The van der Waals surface area contributed by atoms with Crippen LogP contribution in [0.15, 0.2) is 58.0 Å². The molecule has 0 saturated carbocycles. The highest BCUT2D eigenvalue weighted by Gasteiger charge is 2.43. The van der Waals surface area contributed by atoms with Gasteiger partial charge >= 0.3 is 5.66 Å². The van der Waals surface area contributed by atoms with E-state index in [1.165, 1.54) is 36.4 Å². The van der Waals surface area contributed by atoms with Gasteiger partial charge in [0.25, 0.3) is 5.69 Å². The van der Waals surface area contributed by atoms with Gasteiger partial charge in [-0.25, -0.2) is 0 Å². The second-order valence-electron chi connectivity index (χ2n) is 4.78. The second kappa shape index (κ2) is 5.72. The van der Waals surface area contributed by atoms with Gasteiger partial charge in [0.15, 0.2) is 0 Å². The summed E-state index contributed by atoms with van der Waals surface area (Å²) in [6, 6.07) is 5.17. The number of nitro groups is 2. The number of aliphatic hydroxyl groups excluding tert-OH is 1. The maximum Gasteiger partial charge on any atom is 0.352 e. The van der Waals surface area contributed by atoms with Crippen molar-refractivity contribution < 1.29 is 15.0 Å². The Labute approximate surface area is 124 Å². The molecule has 0 heterocycles. The lowest BCUT2D eigenvalue weighted by Gasteiger charge is -2.20. The van der Waals surface area contributed by atoms with E-state index in [4.69, 9.17) is 0 Å². The Kier molecular flexibility index (Phi) is 3.97. The SMILES string of the molecule is CC1=C(O)C=CC(N=Nc2ccc([N+](=O)[O-])cc2)([N+](=O)[O-])C1. The third kappa shape index (κ3) is 2.97. The van der Waals surface area contributed by atoms with Crippen LogP contribution in [0.25, 0.3) is 0 Å². The molecule has 0 amide bonds. The number of nitro benzene ring substituents is 1. The first-order valence-electron chi connectivity index (χ1n) is 6.24. The van der Waals surface area contributed by atoms with Gasteiger partial charge in [0.2, 0.25) is 0 Å². The van der Waals surface area contributed by atoms with Crippen LogP contribution in [-0.2, 0) is 0 Å². The number of hydrogen-bond acceptors (Lipinski definition) is 7. The van der Waals surface area contributed by atoms with Gasteiger partial charge in [-0.3, -0.25) is 20.2 Å². The molecule has 0 saturated heterocycles. The van der Waals surface area contributed by atoms with Crippen molar-refractivity contribution in [1.82, 2.24) is 0 Å². The van der Waals surface area contributed by atoms with Crippen molar-refractivity contribution in [3.63, 3.8) is 0 Å². The summed E-state index contributed by atoms with van der Waals surface area (Å²) < 4.78 is 0. The lowest BCUT2D eigenvalue weighted by atomic mass is 9.95. The van der Waals surface area contributed by atoms with Gasteiger partial charge in [0, 0.05) is 18.2 Å². The third-order valence-electron chi connectivity index (χ3n) is 3.19. The van der Waals surface area contributed by atoms with E-state index in [0.717, 1.165) is 0 Å². The molecule has 9 heteroatoms. The molecular weight excluding hydrogens is 292 g/mol. The van der Waals surface area contributed by atoms with Gasteiger partial charge in [-0.15, -0.1) is 10.2 Å². The van der Waals surface area contributed by atoms with E-state index in [1.807, 2.05) is 0 Å². The van der Waals surface area contributed by atoms with Crippen LogP contribution in [-0.4, -0.2) is 20.6 Å². The molecule has 1 aromatic carbocycles. The first-order valence-corrected chi connectivity index (χ1v) is 6.24. The van der Waals surface area contributed by atoms with Crippen LogP contribution in [0.3, 0.4) is 0 Å². The molecular formula is C13H12N4O5. The molecule has 2 rings (SSSR count). The summed E-state index contributed by atoms with van der Waals surface area (Å²) in [6.07, 6.45) is 2.29. The quantitative estimate of drug-likeness (QED) is 0.517. The minimum atomic E-state index is -1.78. The van der Waals surface area contributed by atoms with Crippen molar-refractivity contribution in [3.05, 3.63) is 68.0 Å². The summed E-state index contributed by atoms with van der Waals surface area (Å²) in [7, 11) is 0. The Balaban J connectivity index is 2.28. The first-order chi connectivity index (χ1) is 10.3. The van der Waals surface area contributed by atoms with Crippen molar-refractivity contribution >= 4 is 11.4 Å². The molecule has 1 aromatic rings. The number of rotatable bonds is 4. The number of azo groups is 1. The van der Waals surface area contributed by atoms with Crippen molar-refractivity contribution in [3.8, 4) is 0 Å². The highest BCUT2D eigenvalue weighted by atomic mass is 16.6. The molecule has 1 atom stereocenters. The largest absolute Gasteiger partial charge is 0.508 e. The second-order valence-corrected chi connectivity index (χ2v) is 4.78. The fraction of sp³-hybridized carbons (Fsp3) is 0.231. The number of aliphatic hydroxyl groups is 1. The van der Waals surface area contributed by atoms with Gasteiger partial charge in [-0.05, 0) is 30.7 Å². The van der Waals surface area contributed by atoms with Crippen LogP contribution in [0.2, 0.25) is 0 Å². The van der Waals surface area contributed by atoms with Crippen LogP contribution in [0, 0.1) is 20.2 Å². The lowest BCUT2D eigenvalue weighted by Crippen LogP contribution is -2.35. The predicted molar refractivity (Wildman–Crippen MR) is 76.4 cm³/mol. The Morgan fingerprint density at radius 2 is 1.86 bits per heavy atom. The zero-order valence-electron chi connectivity index (χ0n) is 11.5. The third-order valence-corrected chi connectivity index (χ3v) is 3.19. The molecule has 9 nitrogen and oxygen atoms in total. The summed E-state index contributed by atoms with van der Waals surface area (Å²) in [5.41, 5.74) is -1.19. The summed E-state index contributed by atoms with van der Waals surface area (Å²) in [5.74, 6) is -0.0250. The van der Waals surface area contributed by atoms with E-state index in [-0.39, 0.29) is 23.6 Å². The topological polar surface area (TPSA) is 131 Å². The molecule has 22 heavy (non-hydrogen) atoms. The molecule has 114 valence electrons. The first kappa shape index (κ1) is 15.3. The Hall–Kier alpha value is -3.10. The average molecular weight is 304 g/mol. The van der Waals surface area contributed by atoms with Gasteiger partial charge in [0.1, 0.15) is 5.76 Å². The number of non-ortho nitro benzene ring substituents is 1. The zero-order valence-corrected chi connectivity index (χ0v) is 11.5. The van der Waals surface area contributed by atoms with E-state index in [9.17, 15) is 25.3 Å². The predicted octanol–water partition coefficient (Wildman–Crippen LogP) is 3.44. The Bertz CT molecular complexity index is 708. The fourth-order valence-electron chi connectivity index (χ4n) is 1.91. The number of benzene rings is 1. The number of allylic oxidation sites excluding steroid dienone is 1. The molecule has 0 aliphatic heterocycles. The summed E-state index contributed by atoms with van der Waals surface area (Å²) >= 11 is 0. The molecule has 0 radical (unpaired) electrons. The van der Waals surface area contributed by atoms with Gasteiger partial charge in [-0.1, -0.05) is 0 Å². The number of hydrogen-bond donors (Lipinski definition) is 1. The van der Waals surface area contributed by atoms with Gasteiger partial charge in [0.05, 0.1) is 22.0 Å². The van der Waals surface area contributed by atoms with E-state index < -0.39 is 15.5 Å². The summed E-state index contributed by atoms with van der Waals surface area (Å²) in [4.78, 5) is 20.7. The number of nitrogens with zero attached hydrogens (tertiary/aromatic N) is 4. The molecule has 1 unspecified atom stereocenters. The minimum Gasteiger partial charge on any atom is -0.508 e. The van der Waals surface area contributed by atoms with E-state index >= 15 is 0 Å². The molecule has 0 aromatic heterocycles. The molecule has 1 aliphatic carbocycles. The van der Waals surface area contributed by atoms with Gasteiger partial charge in [-0.2, -0.15) is 0 Å². The van der Waals surface area contributed by atoms with Crippen molar-refractivity contribution in [2.24, 2.45) is 10.2 Å². The van der Waals surface area contributed by atoms with Gasteiger partial charge < -0.3 is 5.11 Å². The van der Waals surface area contributed by atoms with Crippen LogP contribution in [0.4, 0.5) is 11.4 Å². The van der Waals surface area contributed by atoms with Crippen LogP contribution in [0.5, 0.6) is 0 Å². The smallest absolute Gasteiger partial charge is 0.352 e. The molecule has 0 fully saturated rings. The Morgan fingerprint density at radius 1 is 1.23 bits per heavy atom. The summed E-state index contributed by atoms with van der Waals surface area (Å²) in [5, 5.41) is 38.9. The van der Waals surface area contributed by atoms with E-state index in [2.05, 4.69) is 10.2 Å². The highest BCUT2D eigenvalue weighted by molar-refractivity contribution is 5.43. The molecule has 1 N–H and O–H groups in total. The minimum absolute atomic E-state index is 0.0250. The van der Waals surface area contributed by atoms with E-state index in [1.54, 1.807) is 6.92 Å². The lowest BCUT2D eigenvalue weighted by molar-refractivity contribution is -0.554. The molecule has 0 spiro atoms. The normalized spacial score (nSPS) is 21.3. The zero-order chi connectivity index (χ0) is 16.3. The van der Waals surface area contributed by atoms with E-state index in [0.29, 0.717) is 5.57 Å². The summed E-state index contributed by atoms with van der Waals surface area (Å²) in [6.45, 7) is 1.57. The van der Waals surface area contributed by atoms with Crippen LogP contribution >= 0.6 is 0 Å². The van der Waals surface area contributed by atoms with Crippen LogP contribution < -0.4 is 0 Å². The standard InChI is InChI=1S/C13H12N4O5/c1-9-8-13(17(21)22,7-6-12(9)18)15-14-10-2-4-11(5-3-10)16(19)20/h2-7,18H,8H2,1H3. The fourth-order valence-corrected chi connectivity index (χ4v) is 1.91. The average Bonchev–Trinajstić information content (AvgIpc) is 2.49. The maximum atomic E-state index is 11.3. The molecule has 1 aliphatic rings. The maximum absolute atomic E-state index is 11.3. The Morgan fingerprint density at radius 3 is 2.36 bits per heavy atom. The monoisotopic (exact) mass is 304 g/mol. The highest BCUT2D eigenvalue weighted by Crippen LogP contribution is 2.31.